The van der Waals surface area contributed by atoms with E-state index in [1.165, 1.54) is 12.1 Å². The van der Waals surface area contributed by atoms with Gasteiger partial charge in [-0.3, -0.25) is 9.69 Å². The van der Waals surface area contributed by atoms with E-state index in [0.717, 1.165) is 44.3 Å². The first-order valence-electron chi connectivity index (χ1n) is 8.86. The summed E-state index contributed by atoms with van der Waals surface area (Å²) in [6.07, 6.45) is 3.83. The maximum absolute atomic E-state index is 13.7. The molecular formula is C19H27FN2O2. The number of hydrogen-bond acceptors (Lipinski definition) is 3. The summed E-state index contributed by atoms with van der Waals surface area (Å²) in [6.45, 7) is 6.42. The summed E-state index contributed by atoms with van der Waals surface area (Å²) in [4.78, 5) is 17.4. The number of hydrogen-bond donors (Lipinski definition) is 0. The average Bonchev–Trinajstić information content (AvgIpc) is 2.93. The van der Waals surface area contributed by atoms with Gasteiger partial charge in [-0.15, -0.1) is 0 Å². The van der Waals surface area contributed by atoms with Crippen LogP contribution in [0.15, 0.2) is 18.2 Å². The molecule has 0 bridgehead atoms. The van der Waals surface area contributed by atoms with Crippen LogP contribution < -0.4 is 4.74 Å². The first-order valence-corrected chi connectivity index (χ1v) is 8.86. The second kappa shape index (κ2) is 6.71. The second-order valence-corrected chi connectivity index (χ2v) is 7.21. The predicted molar refractivity (Wildman–Crippen MR) is 91.4 cm³/mol. The molecule has 5 heteroatoms. The van der Waals surface area contributed by atoms with Crippen LogP contribution in [0.3, 0.4) is 0 Å². The van der Waals surface area contributed by atoms with E-state index in [-0.39, 0.29) is 17.8 Å². The zero-order chi connectivity index (χ0) is 17.3. The molecule has 2 fully saturated rings. The SMILES string of the molecule is COc1ccc(F)cc1CN1CCCC12CCCN(C(C)C)C2=O. The second-order valence-electron chi connectivity index (χ2n) is 7.21. The Morgan fingerprint density at radius 2 is 1.96 bits per heavy atom. The van der Waals surface area contributed by atoms with E-state index in [2.05, 4.69) is 18.7 Å². The van der Waals surface area contributed by atoms with Gasteiger partial charge in [0.1, 0.15) is 17.1 Å². The van der Waals surface area contributed by atoms with Gasteiger partial charge in [0.05, 0.1) is 7.11 Å². The number of nitrogens with zero attached hydrogens (tertiary/aromatic N) is 2. The number of methoxy groups -OCH3 is 1. The third-order valence-corrected chi connectivity index (χ3v) is 5.50. The van der Waals surface area contributed by atoms with E-state index < -0.39 is 5.54 Å². The summed E-state index contributed by atoms with van der Waals surface area (Å²) in [7, 11) is 1.60. The van der Waals surface area contributed by atoms with E-state index in [0.29, 0.717) is 12.3 Å². The minimum Gasteiger partial charge on any atom is -0.496 e. The van der Waals surface area contributed by atoms with Crippen molar-refractivity contribution in [3.05, 3.63) is 29.6 Å². The summed E-state index contributed by atoms with van der Waals surface area (Å²) in [6, 6.07) is 4.82. The molecule has 2 aliphatic heterocycles. The number of carbonyl (C=O) groups excluding carboxylic acids is 1. The van der Waals surface area contributed by atoms with Crippen molar-refractivity contribution in [2.24, 2.45) is 0 Å². The fraction of sp³-hybridized carbons (Fsp3) is 0.632. The summed E-state index contributed by atoms with van der Waals surface area (Å²) in [5, 5.41) is 0. The lowest BCUT2D eigenvalue weighted by molar-refractivity contribution is -0.149. The number of benzene rings is 1. The van der Waals surface area contributed by atoms with Crippen LogP contribution in [0.4, 0.5) is 4.39 Å². The van der Waals surface area contributed by atoms with Gasteiger partial charge in [0, 0.05) is 24.7 Å². The Labute approximate surface area is 143 Å². The minimum absolute atomic E-state index is 0.223. The van der Waals surface area contributed by atoms with Crippen molar-refractivity contribution >= 4 is 5.91 Å². The smallest absolute Gasteiger partial charge is 0.243 e. The van der Waals surface area contributed by atoms with Crippen LogP contribution in [0, 0.1) is 5.82 Å². The number of likely N-dealkylation sites (tertiary alicyclic amines) is 2. The highest BCUT2D eigenvalue weighted by Gasteiger charge is 2.51. The van der Waals surface area contributed by atoms with Gasteiger partial charge in [0.15, 0.2) is 0 Å². The maximum atomic E-state index is 13.7. The highest BCUT2D eigenvalue weighted by atomic mass is 19.1. The van der Waals surface area contributed by atoms with Crippen molar-refractivity contribution in [1.82, 2.24) is 9.80 Å². The van der Waals surface area contributed by atoms with E-state index in [9.17, 15) is 9.18 Å². The first kappa shape index (κ1) is 17.2. The van der Waals surface area contributed by atoms with Gasteiger partial charge >= 0.3 is 0 Å². The third kappa shape index (κ3) is 2.90. The summed E-state index contributed by atoms with van der Waals surface area (Å²) in [5.74, 6) is 0.664. The number of ether oxygens (including phenoxy) is 1. The zero-order valence-electron chi connectivity index (χ0n) is 14.8. The monoisotopic (exact) mass is 334 g/mol. The van der Waals surface area contributed by atoms with Crippen molar-refractivity contribution in [2.75, 3.05) is 20.2 Å². The molecule has 24 heavy (non-hydrogen) atoms. The fourth-order valence-electron chi connectivity index (χ4n) is 4.28. The predicted octanol–water partition coefficient (Wildman–Crippen LogP) is 3.20. The molecule has 0 N–H and O–H groups in total. The van der Waals surface area contributed by atoms with Crippen molar-refractivity contribution in [2.45, 2.75) is 57.7 Å². The highest BCUT2D eigenvalue weighted by Crippen LogP contribution is 2.40. The number of halogens is 1. The number of rotatable bonds is 4. The van der Waals surface area contributed by atoms with Gasteiger partial charge in [-0.2, -0.15) is 0 Å². The van der Waals surface area contributed by atoms with Crippen molar-refractivity contribution < 1.29 is 13.9 Å². The minimum atomic E-state index is -0.417. The summed E-state index contributed by atoms with van der Waals surface area (Å²) in [5.41, 5.74) is 0.396. The molecule has 1 atom stereocenters. The Kier molecular flexibility index (Phi) is 4.81. The number of amides is 1. The van der Waals surface area contributed by atoms with E-state index in [1.54, 1.807) is 13.2 Å². The van der Waals surface area contributed by atoms with Crippen molar-refractivity contribution in [3.8, 4) is 5.75 Å². The van der Waals surface area contributed by atoms with Gasteiger partial charge in [0.2, 0.25) is 5.91 Å². The lowest BCUT2D eigenvalue weighted by Gasteiger charge is -2.46. The Hall–Kier alpha value is -1.62. The number of piperidine rings is 1. The molecule has 1 aromatic rings. The molecule has 1 amide bonds. The average molecular weight is 334 g/mol. The first-order chi connectivity index (χ1) is 11.5. The topological polar surface area (TPSA) is 32.8 Å². The fourth-order valence-corrected chi connectivity index (χ4v) is 4.28. The molecule has 1 aromatic carbocycles. The standard InChI is InChI=1S/C19H27FN2O2/c1-14(2)22-11-5-9-19(18(22)23)8-4-10-21(19)13-15-12-16(20)6-7-17(15)24-3/h6-7,12,14H,4-5,8-11,13H2,1-3H3. The molecule has 1 spiro atoms. The van der Waals surface area contributed by atoms with Gasteiger partial charge < -0.3 is 9.64 Å². The highest BCUT2D eigenvalue weighted by molar-refractivity contribution is 5.87. The third-order valence-electron chi connectivity index (χ3n) is 5.50. The Morgan fingerprint density at radius 3 is 2.62 bits per heavy atom. The molecule has 0 saturated carbocycles. The molecule has 2 heterocycles. The van der Waals surface area contributed by atoms with Gasteiger partial charge in [-0.1, -0.05) is 0 Å². The molecule has 0 aromatic heterocycles. The van der Waals surface area contributed by atoms with Crippen LogP contribution >= 0.6 is 0 Å². The van der Waals surface area contributed by atoms with Crippen LogP contribution in [-0.4, -0.2) is 47.5 Å². The maximum Gasteiger partial charge on any atom is 0.243 e. The molecule has 1 unspecified atom stereocenters. The molecule has 2 saturated heterocycles. The molecular weight excluding hydrogens is 307 g/mol. The zero-order valence-corrected chi connectivity index (χ0v) is 14.8. The van der Waals surface area contributed by atoms with E-state index in [1.807, 2.05) is 4.90 Å². The molecule has 132 valence electrons. The largest absolute Gasteiger partial charge is 0.496 e. The quantitative estimate of drug-likeness (QED) is 0.848. The molecule has 3 rings (SSSR count). The van der Waals surface area contributed by atoms with Gasteiger partial charge in [0.25, 0.3) is 0 Å². The Bertz CT molecular complexity index is 619. The van der Waals surface area contributed by atoms with Crippen LogP contribution in [0.5, 0.6) is 5.75 Å². The molecule has 4 nitrogen and oxygen atoms in total. The summed E-state index contributed by atoms with van der Waals surface area (Å²) >= 11 is 0. The molecule has 0 aliphatic carbocycles. The van der Waals surface area contributed by atoms with Gasteiger partial charge in [-0.05, 0) is 64.3 Å². The lowest BCUT2D eigenvalue weighted by atomic mass is 9.84. The molecule has 0 radical (unpaired) electrons. The Morgan fingerprint density at radius 1 is 1.25 bits per heavy atom. The molecule has 2 aliphatic rings. The lowest BCUT2D eigenvalue weighted by Crippen LogP contribution is -2.61. The van der Waals surface area contributed by atoms with E-state index >= 15 is 0 Å². The summed E-state index contributed by atoms with van der Waals surface area (Å²) < 4.78 is 19.1. The van der Waals surface area contributed by atoms with Crippen molar-refractivity contribution in [3.63, 3.8) is 0 Å². The van der Waals surface area contributed by atoms with Crippen molar-refractivity contribution in [1.29, 1.82) is 0 Å². The van der Waals surface area contributed by atoms with Crippen LogP contribution in [0.2, 0.25) is 0 Å². The van der Waals surface area contributed by atoms with Crippen LogP contribution in [0.1, 0.15) is 45.1 Å². The van der Waals surface area contributed by atoms with E-state index in [4.69, 9.17) is 4.74 Å². The normalized spacial score (nSPS) is 25.0. The van der Waals surface area contributed by atoms with Gasteiger partial charge in [-0.25, -0.2) is 4.39 Å². The van der Waals surface area contributed by atoms with Crippen LogP contribution in [-0.2, 0) is 11.3 Å². The van der Waals surface area contributed by atoms with Crippen LogP contribution in [0.25, 0.3) is 0 Å². The number of carbonyl (C=O) groups is 1. The Balaban J connectivity index is 1.88.